The van der Waals surface area contributed by atoms with Crippen LogP contribution in [0.5, 0.6) is 0 Å². The van der Waals surface area contributed by atoms with Crippen molar-refractivity contribution in [2.45, 2.75) is 32.6 Å². The summed E-state index contributed by atoms with van der Waals surface area (Å²) in [6.07, 6.45) is 3.87. The van der Waals surface area contributed by atoms with Gasteiger partial charge in [0.1, 0.15) is 0 Å². The van der Waals surface area contributed by atoms with E-state index in [-0.39, 0.29) is 5.91 Å². The molecule has 1 aliphatic carbocycles. The van der Waals surface area contributed by atoms with Crippen molar-refractivity contribution in [2.24, 2.45) is 0 Å². The Morgan fingerprint density at radius 3 is 2.84 bits per heavy atom. The molecule has 2 aromatic heterocycles. The van der Waals surface area contributed by atoms with Crippen LogP contribution >= 0.6 is 11.3 Å². The van der Waals surface area contributed by atoms with E-state index in [9.17, 15) is 4.79 Å². The molecular formula is C20H21N3OS. The first kappa shape index (κ1) is 16.1. The number of benzene rings is 1. The first-order valence-electron chi connectivity index (χ1n) is 8.69. The summed E-state index contributed by atoms with van der Waals surface area (Å²) < 4.78 is 1.95. The molecule has 0 atom stereocenters. The minimum Gasteiger partial charge on any atom is -0.350 e. The standard InChI is InChI=1S/C20H21N3OS/c1-14-5-7-16(8-6-14)23-18-4-2-3-17(18)19(22-23)20(24)21-11-9-15-10-12-25-13-15/h5-8,10,12-13H,2-4,9,11H2,1H3,(H,21,24). The maximum absolute atomic E-state index is 12.6. The third-order valence-corrected chi connectivity index (χ3v) is 5.44. The van der Waals surface area contributed by atoms with Gasteiger partial charge < -0.3 is 5.32 Å². The van der Waals surface area contributed by atoms with Crippen molar-refractivity contribution in [3.05, 3.63) is 69.2 Å². The Balaban J connectivity index is 1.54. The van der Waals surface area contributed by atoms with Crippen LogP contribution in [-0.4, -0.2) is 22.2 Å². The highest BCUT2D eigenvalue weighted by Gasteiger charge is 2.26. The highest BCUT2D eigenvalue weighted by atomic mass is 32.1. The van der Waals surface area contributed by atoms with E-state index >= 15 is 0 Å². The van der Waals surface area contributed by atoms with Crippen molar-refractivity contribution in [1.29, 1.82) is 0 Å². The van der Waals surface area contributed by atoms with Gasteiger partial charge in [-0.1, -0.05) is 17.7 Å². The highest BCUT2D eigenvalue weighted by Crippen LogP contribution is 2.27. The van der Waals surface area contributed by atoms with Crippen LogP contribution in [0.25, 0.3) is 5.69 Å². The van der Waals surface area contributed by atoms with Gasteiger partial charge in [0.25, 0.3) is 5.91 Å². The summed E-state index contributed by atoms with van der Waals surface area (Å²) in [6, 6.07) is 10.4. The van der Waals surface area contributed by atoms with Gasteiger partial charge >= 0.3 is 0 Å². The smallest absolute Gasteiger partial charge is 0.272 e. The van der Waals surface area contributed by atoms with Crippen molar-refractivity contribution in [2.75, 3.05) is 6.54 Å². The van der Waals surface area contributed by atoms with Crippen LogP contribution in [0.3, 0.4) is 0 Å². The minimum absolute atomic E-state index is 0.0563. The molecule has 1 N–H and O–H groups in total. The Morgan fingerprint density at radius 1 is 1.24 bits per heavy atom. The van der Waals surface area contributed by atoms with E-state index in [1.807, 2.05) is 4.68 Å². The van der Waals surface area contributed by atoms with Gasteiger partial charge in [-0.3, -0.25) is 4.79 Å². The Kier molecular flexibility index (Phi) is 4.40. The van der Waals surface area contributed by atoms with Crippen molar-refractivity contribution in [3.63, 3.8) is 0 Å². The maximum atomic E-state index is 12.6. The molecular weight excluding hydrogens is 330 g/mol. The Morgan fingerprint density at radius 2 is 2.08 bits per heavy atom. The number of carbonyl (C=O) groups excluding carboxylic acids is 1. The number of fused-ring (bicyclic) bond motifs is 1. The van der Waals surface area contributed by atoms with Crippen LogP contribution in [0.4, 0.5) is 0 Å². The minimum atomic E-state index is -0.0563. The second kappa shape index (κ2) is 6.84. The molecule has 1 amide bonds. The van der Waals surface area contributed by atoms with Gasteiger partial charge in [-0.15, -0.1) is 0 Å². The van der Waals surface area contributed by atoms with Gasteiger partial charge in [0.15, 0.2) is 5.69 Å². The average molecular weight is 351 g/mol. The fraction of sp³-hybridized carbons (Fsp3) is 0.300. The van der Waals surface area contributed by atoms with Gasteiger partial charge in [0.2, 0.25) is 0 Å². The summed E-state index contributed by atoms with van der Waals surface area (Å²) in [5.41, 5.74) is 6.42. The average Bonchev–Trinajstić information content (AvgIpc) is 3.33. The Labute approximate surface area is 151 Å². The zero-order valence-electron chi connectivity index (χ0n) is 14.3. The summed E-state index contributed by atoms with van der Waals surface area (Å²) in [7, 11) is 0. The van der Waals surface area contributed by atoms with Crippen molar-refractivity contribution in [3.8, 4) is 5.69 Å². The summed E-state index contributed by atoms with van der Waals surface area (Å²) in [5, 5.41) is 11.9. The van der Waals surface area contributed by atoms with Crippen molar-refractivity contribution >= 4 is 17.2 Å². The number of amides is 1. The molecule has 0 bridgehead atoms. The summed E-state index contributed by atoms with van der Waals surface area (Å²) in [4.78, 5) is 12.6. The Hall–Kier alpha value is -2.40. The lowest BCUT2D eigenvalue weighted by molar-refractivity contribution is 0.0948. The molecule has 5 heteroatoms. The van der Waals surface area contributed by atoms with Crippen LogP contribution < -0.4 is 5.32 Å². The van der Waals surface area contributed by atoms with E-state index in [4.69, 9.17) is 0 Å². The Bertz CT molecular complexity index is 879. The fourth-order valence-electron chi connectivity index (χ4n) is 3.36. The molecule has 2 heterocycles. The molecule has 0 aliphatic heterocycles. The van der Waals surface area contributed by atoms with Gasteiger partial charge in [-0.2, -0.15) is 16.4 Å². The SMILES string of the molecule is Cc1ccc(-n2nc(C(=O)NCCc3ccsc3)c3c2CCC3)cc1. The van der Waals surface area contributed by atoms with Gasteiger partial charge in [-0.25, -0.2) is 4.68 Å². The second-order valence-electron chi connectivity index (χ2n) is 6.51. The molecule has 1 aromatic carbocycles. The van der Waals surface area contributed by atoms with Crippen LogP contribution in [0.15, 0.2) is 41.1 Å². The third-order valence-electron chi connectivity index (χ3n) is 4.70. The number of aryl methyl sites for hydroxylation is 1. The number of aromatic nitrogens is 2. The summed E-state index contributed by atoms with van der Waals surface area (Å²) in [5.74, 6) is -0.0563. The van der Waals surface area contributed by atoms with Gasteiger partial charge in [0, 0.05) is 17.8 Å². The molecule has 1 aliphatic rings. The molecule has 0 unspecified atom stereocenters. The quantitative estimate of drug-likeness (QED) is 0.762. The molecule has 3 aromatic rings. The van der Waals surface area contributed by atoms with E-state index in [2.05, 4.69) is 58.4 Å². The van der Waals surface area contributed by atoms with Crippen LogP contribution in [0, 0.1) is 6.92 Å². The predicted molar refractivity (Wildman–Crippen MR) is 101 cm³/mol. The molecule has 4 nitrogen and oxygen atoms in total. The van der Waals surface area contributed by atoms with Crippen molar-refractivity contribution in [1.82, 2.24) is 15.1 Å². The van der Waals surface area contributed by atoms with E-state index in [1.165, 1.54) is 16.8 Å². The second-order valence-corrected chi connectivity index (χ2v) is 7.29. The van der Waals surface area contributed by atoms with Crippen LogP contribution in [0.1, 0.15) is 39.3 Å². The lowest BCUT2D eigenvalue weighted by atomic mass is 10.2. The molecule has 4 rings (SSSR count). The largest absolute Gasteiger partial charge is 0.350 e. The molecule has 0 spiro atoms. The molecule has 0 radical (unpaired) electrons. The number of nitrogens with one attached hydrogen (secondary N) is 1. The topological polar surface area (TPSA) is 46.9 Å². The van der Waals surface area contributed by atoms with Gasteiger partial charge in [0.05, 0.1) is 5.69 Å². The highest BCUT2D eigenvalue weighted by molar-refractivity contribution is 7.07. The zero-order valence-corrected chi connectivity index (χ0v) is 15.1. The number of nitrogens with zero attached hydrogens (tertiary/aromatic N) is 2. The number of thiophene rings is 1. The lowest BCUT2D eigenvalue weighted by Crippen LogP contribution is -2.27. The fourth-order valence-corrected chi connectivity index (χ4v) is 4.06. The maximum Gasteiger partial charge on any atom is 0.272 e. The first-order chi connectivity index (χ1) is 12.2. The molecule has 0 fully saturated rings. The van der Waals surface area contributed by atoms with Crippen LogP contribution in [0.2, 0.25) is 0 Å². The normalized spacial score (nSPS) is 13.0. The zero-order chi connectivity index (χ0) is 17.2. The molecule has 128 valence electrons. The number of hydrogen-bond acceptors (Lipinski definition) is 3. The van der Waals surface area contributed by atoms with E-state index < -0.39 is 0 Å². The molecule has 25 heavy (non-hydrogen) atoms. The predicted octanol–water partition coefficient (Wildman–Crippen LogP) is 3.70. The van der Waals surface area contributed by atoms with Crippen LogP contribution in [-0.2, 0) is 19.3 Å². The summed E-state index contributed by atoms with van der Waals surface area (Å²) >= 11 is 1.68. The third kappa shape index (κ3) is 3.24. The monoisotopic (exact) mass is 351 g/mol. The van der Waals surface area contributed by atoms with Gasteiger partial charge in [-0.05, 0) is 67.1 Å². The number of hydrogen-bond donors (Lipinski definition) is 1. The van der Waals surface area contributed by atoms with E-state index in [0.29, 0.717) is 12.2 Å². The van der Waals surface area contributed by atoms with E-state index in [1.54, 1.807) is 11.3 Å². The first-order valence-corrected chi connectivity index (χ1v) is 9.64. The number of carbonyl (C=O) groups is 1. The molecule has 0 saturated carbocycles. The number of rotatable bonds is 5. The summed E-state index contributed by atoms with van der Waals surface area (Å²) in [6.45, 7) is 2.71. The molecule has 0 saturated heterocycles. The van der Waals surface area contributed by atoms with E-state index in [0.717, 1.165) is 36.9 Å². The lowest BCUT2D eigenvalue weighted by Gasteiger charge is -2.06. The van der Waals surface area contributed by atoms with Crippen molar-refractivity contribution < 1.29 is 4.79 Å².